The number of alkyl halides is 1. The zero-order valence-corrected chi connectivity index (χ0v) is 13.9. The standard InChI is InChI=1S/C16H31I/c1-2-3-4-5-6-7-8-9-15-10-12-16(14-17)13-11-15/h15-16H,2-14H2,1H3. The summed E-state index contributed by atoms with van der Waals surface area (Å²) in [5, 5.41) is 0. The summed E-state index contributed by atoms with van der Waals surface area (Å²) in [4.78, 5) is 0. The third-order valence-corrected chi connectivity index (χ3v) is 5.65. The van der Waals surface area contributed by atoms with E-state index < -0.39 is 0 Å². The third-order valence-electron chi connectivity index (χ3n) is 4.40. The number of hydrogen-bond donors (Lipinski definition) is 0. The lowest BCUT2D eigenvalue weighted by molar-refractivity contribution is 0.276. The highest BCUT2D eigenvalue weighted by molar-refractivity contribution is 14.1. The SMILES string of the molecule is CCCCCCCCCC1CCC(CI)CC1. The molecule has 0 atom stereocenters. The quantitative estimate of drug-likeness (QED) is 0.257. The maximum Gasteiger partial charge on any atom is 0.00237 e. The molecule has 0 saturated heterocycles. The fourth-order valence-corrected chi connectivity index (χ4v) is 3.95. The minimum Gasteiger partial charge on any atom is -0.0861 e. The van der Waals surface area contributed by atoms with Gasteiger partial charge in [-0.05, 0) is 24.7 Å². The van der Waals surface area contributed by atoms with Crippen LogP contribution in [0, 0.1) is 11.8 Å². The Bertz CT molecular complexity index is 159. The van der Waals surface area contributed by atoms with Crippen LogP contribution in [0.4, 0.5) is 0 Å². The molecule has 0 amide bonds. The molecule has 1 aliphatic rings. The Morgan fingerprint density at radius 1 is 0.765 bits per heavy atom. The van der Waals surface area contributed by atoms with E-state index in [1.165, 1.54) is 81.5 Å². The van der Waals surface area contributed by atoms with Gasteiger partial charge in [-0.2, -0.15) is 0 Å². The molecule has 17 heavy (non-hydrogen) atoms. The van der Waals surface area contributed by atoms with Gasteiger partial charge in [0.05, 0.1) is 0 Å². The fourth-order valence-electron chi connectivity index (χ4n) is 3.06. The maximum absolute atomic E-state index is 2.56. The van der Waals surface area contributed by atoms with Crippen LogP contribution in [-0.2, 0) is 0 Å². The van der Waals surface area contributed by atoms with Gasteiger partial charge in [0.2, 0.25) is 0 Å². The normalized spacial score (nSPS) is 25.1. The van der Waals surface area contributed by atoms with Gasteiger partial charge in [0.1, 0.15) is 0 Å². The van der Waals surface area contributed by atoms with Crippen LogP contribution in [0.1, 0.15) is 84.0 Å². The van der Waals surface area contributed by atoms with Crippen LogP contribution in [0.25, 0.3) is 0 Å². The number of rotatable bonds is 9. The smallest absolute Gasteiger partial charge is 0.00237 e. The minimum atomic E-state index is 1.06. The second-order valence-corrected chi connectivity index (χ2v) is 6.83. The second-order valence-electron chi connectivity index (χ2n) is 5.95. The molecule has 0 unspecified atom stereocenters. The molecule has 1 aliphatic carbocycles. The van der Waals surface area contributed by atoms with Crippen molar-refractivity contribution in [3.8, 4) is 0 Å². The molecular formula is C16H31I. The van der Waals surface area contributed by atoms with E-state index in [9.17, 15) is 0 Å². The Morgan fingerprint density at radius 2 is 1.29 bits per heavy atom. The lowest BCUT2D eigenvalue weighted by Gasteiger charge is -2.27. The van der Waals surface area contributed by atoms with E-state index in [4.69, 9.17) is 0 Å². The first-order valence-electron chi connectivity index (χ1n) is 7.92. The van der Waals surface area contributed by atoms with E-state index >= 15 is 0 Å². The molecule has 0 aromatic rings. The van der Waals surface area contributed by atoms with E-state index in [-0.39, 0.29) is 0 Å². The van der Waals surface area contributed by atoms with Gasteiger partial charge < -0.3 is 0 Å². The monoisotopic (exact) mass is 350 g/mol. The lowest BCUT2D eigenvalue weighted by atomic mass is 9.80. The maximum atomic E-state index is 2.56. The molecule has 102 valence electrons. The Kier molecular flexibility index (Phi) is 9.87. The van der Waals surface area contributed by atoms with Crippen molar-refractivity contribution in [1.82, 2.24) is 0 Å². The van der Waals surface area contributed by atoms with Crippen molar-refractivity contribution in [3.05, 3.63) is 0 Å². The van der Waals surface area contributed by atoms with Crippen molar-refractivity contribution in [2.45, 2.75) is 84.0 Å². The summed E-state index contributed by atoms with van der Waals surface area (Å²) < 4.78 is 1.39. The summed E-state index contributed by atoms with van der Waals surface area (Å²) in [6.45, 7) is 2.30. The molecular weight excluding hydrogens is 319 g/mol. The van der Waals surface area contributed by atoms with Crippen LogP contribution >= 0.6 is 22.6 Å². The summed E-state index contributed by atoms with van der Waals surface area (Å²) in [6, 6.07) is 0. The van der Waals surface area contributed by atoms with E-state index in [1.807, 2.05) is 0 Å². The molecule has 0 bridgehead atoms. The average molecular weight is 350 g/mol. The van der Waals surface area contributed by atoms with Crippen molar-refractivity contribution < 1.29 is 0 Å². The molecule has 1 heteroatoms. The van der Waals surface area contributed by atoms with Gasteiger partial charge in [-0.25, -0.2) is 0 Å². The van der Waals surface area contributed by atoms with E-state index in [1.54, 1.807) is 0 Å². The third kappa shape index (κ3) is 7.69. The molecule has 1 fully saturated rings. The number of unbranched alkanes of at least 4 members (excludes halogenated alkanes) is 6. The first-order valence-corrected chi connectivity index (χ1v) is 9.45. The zero-order chi connectivity index (χ0) is 12.3. The Labute approximate surface area is 122 Å². The van der Waals surface area contributed by atoms with Gasteiger partial charge in [-0.3, -0.25) is 0 Å². The van der Waals surface area contributed by atoms with Crippen molar-refractivity contribution in [1.29, 1.82) is 0 Å². The first kappa shape index (κ1) is 15.8. The molecule has 0 spiro atoms. The van der Waals surface area contributed by atoms with Crippen molar-refractivity contribution >= 4 is 22.6 Å². The highest BCUT2D eigenvalue weighted by atomic mass is 127. The topological polar surface area (TPSA) is 0 Å². The molecule has 0 heterocycles. The van der Waals surface area contributed by atoms with Gasteiger partial charge in [0, 0.05) is 4.43 Å². The fraction of sp³-hybridized carbons (Fsp3) is 1.00. The van der Waals surface area contributed by atoms with Crippen molar-refractivity contribution in [3.63, 3.8) is 0 Å². The predicted octanol–water partition coefficient (Wildman–Crippen LogP) is 6.37. The van der Waals surface area contributed by atoms with Gasteiger partial charge in [-0.15, -0.1) is 0 Å². The van der Waals surface area contributed by atoms with Crippen LogP contribution in [0.5, 0.6) is 0 Å². The Morgan fingerprint density at radius 3 is 1.88 bits per heavy atom. The van der Waals surface area contributed by atoms with Crippen LogP contribution in [-0.4, -0.2) is 4.43 Å². The van der Waals surface area contributed by atoms with Crippen LogP contribution in [0.3, 0.4) is 0 Å². The molecule has 1 rings (SSSR count). The summed E-state index contributed by atoms with van der Waals surface area (Å²) in [7, 11) is 0. The largest absolute Gasteiger partial charge is 0.0861 e. The molecule has 0 aliphatic heterocycles. The van der Waals surface area contributed by atoms with Crippen molar-refractivity contribution in [2.75, 3.05) is 4.43 Å². The molecule has 0 radical (unpaired) electrons. The molecule has 1 saturated carbocycles. The van der Waals surface area contributed by atoms with Gasteiger partial charge in [0.25, 0.3) is 0 Å². The number of hydrogen-bond acceptors (Lipinski definition) is 0. The summed E-state index contributed by atoms with van der Waals surface area (Å²) >= 11 is 2.56. The Hall–Kier alpha value is 0.730. The highest BCUT2D eigenvalue weighted by Crippen LogP contribution is 2.32. The summed E-state index contributed by atoms with van der Waals surface area (Å²) in [5.74, 6) is 2.14. The molecule has 0 N–H and O–H groups in total. The van der Waals surface area contributed by atoms with Crippen LogP contribution in [0.2, 0.25) is 0 Å². The zero-order valence-electron chi connectivity index (χ0n) is 11.7. The van der Waals surface area contributed by atoms with Gasteiger partial charge in [0.15, 0.2) is 0 Å². The number of halogens is 1. The molecule has 0 aromatic carbocycles. The van der Waals surface area contributed by atoms with Crippen LogP contribution < -0.4 is 0 Å². The van der Waals surface area contributed by atoms with Crippen molar-refractivity contribution in [2.24, 2.45) is 11.8 Å². The first-order chi connectivity index (χ1) is 8.36. The van der Waals surface area contributed by atoms with Crippen LogP contribution in [0.15, 0.2) is 0 Å². The molecule has 0 aromatic heterocycles. The van der Waals surface area contributed by atoms with E-state index in [0.29, 0.717) is 0 Å². The van der Waals surface area contributed by atoms with E-state index in [0.717, 1.165) is 11.8 Å². The second kappa shape index (κ2) is 10.6. The molecule has 0 nitrogen and oxygen atoms in total. The summed E-state index contributed by atoms with van der Waals surface area (Å²) in [6.07, 6.45) is 17.9. The highest BCUT2D eigenvalue weighted by Gasteiger charge is 2.19. The van der Waals surface area contributed by atoms with Gasteiger partial charge >= 0.3 is 0 Å². The Balaban J connectivity index is 1.87. The average Bonchev–Trinajstić information content (AvgIpc) is 2.38. The minimum absolute atomic E-state index is 1.06. The predicted molar refractivity (Wildman–Crippen MR) is 86.9 cm³/mol. The van der Waals surface area contributed by atoms with E-state index in [2.05, 4.69) is 29.5 Å². The van der Waals surface area contributed by atoms with Gasteiger partial charge in [-0.1, -0.05) is 93.7 Å². The summed E-state index contributed by atoms with van der Waals surface area (Å²) in [5.41, 5.74) is 0. The lowest BCUT2D eigenvalue weighted by Crippen LogP contribution is -2.15.